The van der Waals surface area contributed by atoms with Crippen molar-refractivity contribution in [3.8, 4) is 11.4 Å². The molecular formula is C24H20Cl2N2O3S. The fourth-order valence-electron chi connectivity index (χ4n) is 3.74. The normalized spacial score (nSPS) is 15.2. The first-order valence-electron chi connectivity index (χ1n) is 9.82. The predicted octanol–water partition coefficient (Wildman–Crippen LogP) is 6.65. The van der Waals surface area contributed by atoms with Gasteiger partial charge in [0.1, 0.15) is 5.75 Å². The average molecular weight is 487 g/mol. The maximum absolute atomic E-state index is 13.0. The zero-order chi connectivity index (χ0) is 23.0. The molecule has 1 aliphatic rings. The van der Waals surface area contributed by atoms with E-state index in [1.807, 2.05) is 44.2 Å². The third-order valence-corrected chi connectivity index (χ3v) is 6.95. The van der Waals surface area contributed by atoms with Gasteiger partial charge in [-0.05, 0) is 67.6 Å². The Morgan fingerprint density at radius 2 is 1.72 bits per heavy atom. The molecule has 3 aromatic rings. The van der Waals surface area contributed by atoms with Gasteiger partial charge in [0.15, 0.2) is 0 Å². The van der Waals surface area contributed by atoms with Gasteiger partial charge in [-0.2, -0.15) is 0 Å². The number of hydrogen-bond donors (Lipinski definition) is 0. The smallest absolute Gasteiger partial charge is 0.293 e. The molecule has 4 rings (SSSR count). The zero-order valence-electron chi connectivity index (χ0n) is 17.7. The number of amides is 2. The SMILES string of the molecule is COc1ccccc1-n1c(C)cc(/C=C2\SC(=O)N(Cc3c(Cl)cccc3Cl)C2=O)c1C. The van der Waals surface area contributed by atoms with Crippen LogP contribution in [-0.2, 0) is 11.3 Å². The first-order valence-corrected chi connectivity index (χ1v) is 11.4. The van der Waals surface area contributed by atoms with Crippen molar-refractivity contribution in [3.63, 3.8) is 0 Å². The lowest BCUT2D eigenvalue weighted by Crippen LogP contribution is -2.27. The Morgan fingerprint density at radius 1 is 1.03 bits per heavy atom. The highest BCUT2D eigenvalue weighted by atomic mass is 35.5. The van der Waals surface area contributed by atoms with Crippen molar-refractivity contribution in [2.24, 2.45) is 0 Å². The van der Waals surface area contributed by atoms with Crippen LogP contribution >= 0.6 is 35.0 Å². The molecule has 0 bridgehead atoms. The van der Waals surface area contributed by atoms with E-state index < -0.39 is 0 Å². The largest absolute Gasteiger partial charge is 0.495 e. The number of halogens is 2. The monoisotopic (exact) mass is 486 g/mol. The molecule has 1 fully saturated rings. The van der Waals surface area contributed by atoms with Gasteiger partial charge in [-0.25, -0.2) is 0 Å². The summed E-state index contributed by atoms with van der Waals surface area (Å²) >= 11 is 13.4. The Kier molecular flexibility index (Phi) is 6.38. The van der Waals surface area contributed by atoms with Crippen molar-refractivity contribution < 1.29 is 14.3 Å². The number of hydrogen-bond acceptors (Lipinski definition) is 4. The van der Waals surface area contributed by atoms with Crippen molar-refractivity contribution >= 4 is 52.2 Å². The Hall–Kier alpha value is -2.67. The van der Waals surface area contributed by atoms with Gasteiger partial charge >= 0.3 is 0 Å². The second-order valence-electron chi connectivity index (χ2n) is 7.30. The van der Waals surface area contributed by atoms with Crippen molar-refractivity contribution in [2.45, 2.75) is 20.4 Å². The molecule has 8 heteroatoms. The van der Waals surface area contributed by atoms with Crippen LogP contribution in [0.4, 0.5) is 4.79 Å². The highest BCUT2D eigenvalue weighted by molar-refractivity contribution is 8.18. The highest BCUT2D eigenvalue weighted by Gasteiger charge is 2.36. The molecule has 5 nitrogen and oxygen atoms in total. The molecular weight excluding hydrogens is 467 g/mol. The van der Waals surface area contributed by atoms with E-state index in [-0.39, 0.29) is 17.7 Å². The second kappa shape index (κ2) is 9.06. The maximum atomic E-state index is 13.0. The fourth-order valence-corrected chi connectivity index (χ4v) is 5.08. The Bertz CT molecular complexity index is 1250. The third kappa shape index (κ3) is 4.06. The van der Waals surface area contributed by atoms with E-state index in [1.165, 1.54) is 4.90 Å². The van der Waals surface area contributed by atoms with Crippen molar-refractivity contribution in [1.82, 2.24) is 9.47 Å². The standard InChI is InChI=1S/C24H20Cl2N2O3S/c1-14-11-16(15(2)28(14)20-9-4-5-10-21(20)31-3)12-22-23(29)27(24(30)32-22)13-17-18(25)7-6-8-19(17)26/h4-12H,13H2,1-3H3/b22-12-. The molecule has 2 heterocycles. The van der Waals surface area contributed by atoms with Gasteiger partial charge in [0.2, 0.25) is 0 Å². The topological polar surface area (TPSA) is 51.5 Å². The van der Waals surface area contributed by atoms with Crippen molar-refractivity contribution in [1.29, 1.82) is 0 Å². The minimum absolute atomic E-state index is 0.0285. The molecule has 0 N–H and O–H groups in total. The second-order valence-corrected chi connectivity index (χ2v) is 9.11. The molecule has 0 atom stereocenters. The summed E-state index contributed by atoms with van der Waals surface area (Å²) in [6.45, 7) is 3.99. The first-order chi connectivity index (χ1) is 15.3. The molecule has 0 spiro atoms. The van der Waals surface area contributed by atoms with Gasteiger partial charge < -0.3 is 9.30 Å². The fraction of sp³-hybridized carbons (Fsp3) is 0.167. The Balaban J connectivity index is 1.67. The Morgan fingerprint density at radius 3 is 2.41 bits per heavy atom. The van der Waals surface area contributed by atoms with E-state index >= 15 is 0 Å². The van der Waals surface area contributed by atoms with Gasteiger partial charge in [-0.1, -0.05) is 41.4 Å². The number of rotatable bonds is 5. The number of ether oxygens (including phenoxy) is 1. The highest BCUT2D eigenvalue weighted by Crippen LogP contribution is 2.37. The van der Waals surface area contributed by atoms with Gasteiger partial charge in [0.05, 0.1) is 24.2 Å². The number of carbonyl (C=O) groups excluding carboxylic acids is 2. The van der Waals surface area contributed by atoms with E-state index in [2.05, 4.69) is 4.57 Å². The van der Waals surface area contributed by atoms with Crippen LogP contribution in [0.5, 0.6) is 5.75 Å². The summed E-state index contributed by atoms with van der Waals surface area (Å²) in [6, 6.07) is 14.8. The van der Waals surface area contributed by atoms with Crippen LogP contribution in [0, 0.1) is 13.8 Å². The molecule has 32 heavy (non-hydrogen) atoms. The van der Waals surface area contributed by atoms with Crippen LogP contribution in [0.25, 0.3) is 11.8 Å². The number of aromatic nitrogens is 1. The molecule has 1 aliphatic heterocycles. The molecule has 2 amide bonds. The summed E-state index contributed by atoms with van der Waals surface area (Å²) in [5.74, 6) is 0.385. The van der Waals surface area contributed by atoms with Crippen LogP contribution in [-0.4, -0.2) is 27.7 Å². The van der Waals surface area contributed by atoms with Crippen LogP contribution in [0.15, 0.2) is 53.4 Å². The van der Waals surface area contributed by atoms with E-state index in [9.17, 15) is 9.59 Å². The number of thioether (sulfide) groups is 1. The van der Waals surface area contributed by atoms with Gasteiger partial charge in [0, 0.05) is 27.0 Å². The molecule has 0 unspecified atom stereocenters. The van der Waals surface area contributed by atoms with E-state index in [0.29, 0.717) is 20.5 Å². The lowest BCUT2D eigenvalue weighted by molar-refractivity contribution is -0.123. The van der Waals surface area contributed by atoms with Gasteiger partial charge in [-0.3, -0.25) is 14.5 Å². The summed E-state index contributed by atoms with van der Waals surface area (Å²) in [7, 11) is 1.63. The summed E-state index contributed by atoms with van der Waals surface area (Å²) in [4.78, 5) is 27.1. The van der Waals surface area contributed by atoms with E-state index in [0.717, 1.165) is 40.2 Å². The molecule has 1 saturated heterocycles. The number of methoxy groups -OCH3 is 1. The molecule has 0 aliphatic carbocycles. The first kappa shape index (κ1) is 22.5. The minimum atomic E-state index is -0.363. The van der Waals surface area contributed by atoms with Gasteiger partial charge in [0.25, 0.3) is 11.1 Å². The molecule has 0 radical (unpaired) electrons. The molecule has 0 saturated carbocycles. The van der Waals surface area contributed by atoms with E-state index in [4.69, 9.17) is 27.9 Å². The number of benzene rings is 2. The third-order valence-electron chi connectivity index (χ3n) is 5.33. The van der Waals surface area contributed by atoms with Crippen LogP contribution in [0.3, 0.4) is 0 Å². The van der Waals surface area contributed by atoms with Gasteiger partial charge in [-0.15, -0.1) is 0 Å². The van der Waals surface area contributed by atoms with Crippen molar-refractivity contribution in [3.05, 3.63) is 86.0 Å². The zero-order valence-corrected chi connectivity index (χ0v) is 20.0. The lowest BCUT2D eigenvalue weighted by Gasteiger charge is -2.14. The van der Waals surface area contributed by atoms with E-state index in [1.54, 1.807) is 31.4 Å². The minimum Gasteiger partial charge on any atom is -0.495 e. The van der Waals surface area contributed by atoms with Crippen molar-refractivity contribution in [2.75, 3.05) is 7.11 Å². The summed E-state index contributed by atoms with van der Waals surface area (Å²) < 4.78 is 7.57. The number of carbonyl (C=O) groups is 2. The van der Waals surface area contributed by atoms with Crippen LogP contribution in [0.1, 0.15) is 22.5 Å². The molecule has 164 valence electrons. The number of aryl methyl sites for hydroxylation is 1. The summed E-state index contributed by atoms with van der Waals surface area (Å²) in [6.07, 6.45) is 1.76. The maximum Gasteiger partial charge on any atom is 0.293 e. The summed E-state index contributed by atoms with van der Waals surface area (Å²) in [5, 5.41) is 0.484. The number of nitrogens with zero attached hydrogens (tertiary/aromatic N) is 2. The average Bonchev–Trinajstić information content (AvgIpc) is 3.19. The molecule has 1 aromatic heterocycles. The number of imide groups is 1. The summed E-state index contributed by atoms with van der Waals surface area (Å²) in [5.41, 5.74) is 4.24. The number of para-hydroxylation sites is 2. The van der Waals surface area contributed by atoms with Crippen LogP contribution < -0.4 is 4.74 Å². The van der Waals surface area contributed by atoms with Crippen LogP contribution in [0.2, 0.25) is 10.0 Å². The Labute approximate surface area is 200 Å². The molecule has 2 aromatic carbocycles. The predicted molar refractivity (Wildman–Crippen MR) is 130 cm³/mol. The lowest BCUT2D eigenvalue weighted by atomic mass is 10.2. The quantitative estimate of drug-likeness (QED) is 0.379.